The highest BCUT2D eigenvalue weighted by molar-refractivity contribution is 14.1. The van der Waals surface area contributed by atoms with Gasteiger partial charge in [0.15, 0.2) is 5.70 Å². The summed E-state index contributed by atoms with van der Waals surface area (Å²) in [5.74, 6) is -0.303. The molecular formula is C24H15FI2N2O5. The van der Waals surface area contributed by atoms with Gasteiger partial charge in [0.25, 0.3) is 5.69 Å². The van der Waals surface area contributed by atoms with E-state index in [9.17, 15) is 19.3 Å². The minimum absolute atomic E-state index is 0.0128. The molecule has 0 N–H and O–H groups in total. The first-order valence-electron chi connectivity index (χ1n) is 9.85. The average Bonchev–Trinajstić information content (AvgIpc) is 3.13. The van der Waals surface area contributed by atoms with Crippen LogP contribution < -0.4 is 4.74 Å². The van der Waals surface area contributed by atoms with Crippen LogP contribution in [0.15, 0.2) is 65.3 Å². The molecular weight excluding hydrogens is 669 g/mol. The van der Waals surface area contributed by atoms with Crippen molar-refractivity contribution in [3.63, 3.8) is 0 Å². The molecule has 0 saturated heterocycles. The minimum Gasteiger partial charge on any atom is -0.487 e. The highest BCUT2D eigenvalue weighted by Crippen LogP contribution is 2.31. The molecule has 0 fully saturated rings. The molecule has 4 rings (SSSR count). The van der Waals surface area contributed by atoms with E-state index in [1.807, 2.05) is 12.1 Å². The van der Waals surface area contributed by atoms with Crippen LogP contribution in [0.1, 0.15) is 22.3 Å². The van der Waals surface area contributed by atoms with Gasteiger partial charge in [-0.15, -0.1) is 0 Å². The number of carbonyl (C=O) groups is 1. The van der Waals surface area contributed by atoms with Gasteiger partial charge in [-0.1, -0.05) is 18.2 Å². The van der Waals surface area contributed by atoms with E-state index in [1.165, 1.54) is 18.2 Å². The van der Waals surface area contributed by atoms with Crippen molar-refractivity contribution >= 4 is 68.8 Å². The highest BCUT2D eigenvalue weighted by Gasteiger charge is 2.26. The molecule has 7 nitrogen and oxygen atoms in total. The number of cyclic esters (lactones) is 1. The van der Waals surface area contributed by atoms with Gasteiger partial charge < -0.3 is 9.47 Å². The lowest BCUT2D eigenvalue weighted by Crippen LogP contribution is -2.06. The molecule has 1 heterocycles. The Morgan fingerprint density at radius 3 is 2.56 bits per heavy atom. The van der Waals surface area contributed by atoms with Crippen molar-refractivity contribution in [2.24, 2.45) is 4.99 Å². The second kappa shape index (κ2) is 10.2. The molecule has 1 aliphatic heterocycles. The van der Waals surface area contributed by atoms with E-state index in [4.69, 9.17) is 9.47 Å². The Hall–Kier alpha value is -2.87. The van der Waals surface area contributed by atoms with Gasteiger partial charge in [-0.3, -0.25) is 10.1 Å². The van der Waals surface area contributed by atoms with Crippen molar-refractivity contribution in [2.45, 2.75) is 13.5 Å². The van der Waals surface area contributed by atoms with Crippen molar-refractivity contribution < 1.29 is 23.6 Å². The molecule has 0 bridgehead atoms. The standard InChI is InChI=1S/C24H15FI2N2O5/c1-13-5-6-16(11-21(13)29(31)32)23-28-20(24(30)34-23)10-15-8-18(26)22(19(27)9-15)33-12-14-3-2-4-17(25)7-14/h2-11H,12H2,1H3/b20-10-. The fourth-order valence-corrected chi connectivity index (χ4v) is 5.34. The summed E-state index contributed by atoms with van der Waals surface area (Å²) >= 11 is 4.26. The van der Waals surface area contributed by atoms with Crippen LogP contribution in [0.3, 0.4) is 0 Å². The monoisotopic (exact) mass is 684 g/mol. The van der Waals surface area contributed by atoms with E-state index in [1.54, 1.807) is 37.3 Å². The number of halogens is 3. The molecule has 10 heteroatoms. The topological polar surface area (TPSA) is 91.0 Å². The van der Waals surface area contributed by atoms with Crippen LogP contribution in [0, 0.1) is 30.0 Å². The SMILES string of the molecule is Cc1ccc(C2=N/C(=C\c3cc(I)c(OCc4cccc(F)c4)c(I)c3)C(=O)O2)cc1[N+](=O)[O-]. The molecule has 0 unspecified atom stereocenters. The third-order valence-corrected chi connectivity index (χ3v) is 6.47. The number of ether oxygens (including phenoxy) is 2. The smallest absolute Gasteiger partial charge is 0.363 e. The normalized spacial score (nSPS) is 14.2. The Morgan fingerprint density at radius 2 is 1.88 bits per heavy atom. The van der Waals surface area contributed by atoms with Gasteiger partial charge >= 0.3 is 5.97 Å². The van der Waals surface area contributed by atoms with Crippen LogP contribution in [-0.2, 0) is 16.1 Å². The summed E-state index contributed by atoms with van der Waals surface area (Å²) in [6, 6.07) is 14.4. The van der Waals surface area contributed by atoms with Crippen LogP contribution in [0.25, 0.3) is 6.08 Å². The van der Waals surface area contributed by atoms with Gasteiger partial charge in [-0.25, -0.2) is 14.2 Å². The number of benzene rings is 3. The molecule has 0 atom stereocenters. The number of esters is 1. The fourth-order valence-electron chi connectivity index (χ4n) is 3.21. The van der Waals surface area contributed by atoms with Crippen LogP contribution in [0.4, 0.5) is 10.1 Å². The number of aliphatic imine (C=N–C) groups is 1. The second-order valence-electron chi connectivity index (χ2n) is 7.33. The summed E-state index contributed by atoms with van der Waals surface area (Å²) in [5.41, 5.74) is 2.27. The number of rotatable bonds is 6. The zero-order valence-electron chi connectivity index (χ0n) is 17.6. The zero-order valence-corrected chi connectivity index (χ0v) is 21.9. The van der Waals surface area contributed by atoms with E-state index in [-0.39, 0.29) is 29.7 Å². The maximum atomic E-state index is 13.4. The number of carbonyl (C=O) groups excluding carboxylic acids is 1. The van der Waals surface area contributed by atoms with Crippen LogP contribution >= 0.6 is 45.2 Å². The number of nitrogens with zero attached hydrogens (tertiary/aromatic N) is 2. The first-order chi connectivity index (χ1) is 16.2. The largest absolute Gasteiger partial charge is 0.487 e. The Bertz CT molecular complexity index is 1360. The van der Waals surface area contributed by atoms with E-state index < -0.39 is 10.9 Å². The average molecular weight is 684 g/mol. The Morgan fingerprint density at radius 1 is 1.15 bits per heavy atom. The molecule has 172 valence electrons. The maximum absolute atomic E-state index is 13.4. The summed E-state index contributed by atoms with van der Waals surface area (Å²) < 4.78 is 26.1. The van der Waals surface area contributed by atoms with Crippen LogP contribution in [-0.4, -0.2) is 16.8 Å². The molecule has 0 radical (unpaired) electrons. The number of nitro benzene ring substituents is 1. The Kier molecular flexibility index (Phi) is 7.26. The lowest BCUT2D eigenvalue weighted by Gasteiger charge is -2.11. The van der Waals surface area contributed by atoms with Crippen molar-refractivity contribution in [2.75, 3.05) is 0 Å². The lowest BCUT2D eigenvalue weighted by molar-refractivity contribution is -0.385. The van der Waals surface area contributed by atoms with Gasteiger partial charge in [-0.05, 0) is 99.6 Å². The molecule has 34 heavy (non-hydrogen) atoms. The molecule has 1 aliphatic rings. The van der Waals surface area contributed by atoms with Crippen LogP contribution in [0.5, 0.6) is 5.75 Å². The van der Waals surface area contributed by atoms with Gasteiger partial charge in [-0.2, -0.15) is 0 Å². The van der Waals surface area contributed by atoms with Gasteiger partial charge in [0.2, 0.25) is 5.90 Å². The third kappa shape index (κ3) is 5.43. The summed E-state index contributed by atoms with van der Waals surface area (Å²) in [7, 11) is 0. The molecule has 0 aromatic heterocycles. The first kappa shape index (κ1) is 24.3. The predicted octanol–water partition coefficient (Wildman–Crippen LogP) is 6.18. The quantitative estimate of drug-likeness (QED) is 0.102. The number of hydrogen-bond acceptors (Lipinski definition) is 6. The highest BCUT2D eigenvalue weighted by atomic mass is 127. The molecule has 0 amide bonds. The third-order valence-electron chi connectivity index (χ3n) is 4.87. The Balaban J connectivity index is 1.57. The maximum Gasteiger partial charge on any atom is 0.363 e. The minimum atomic E-state index is -0.644. The second-order valence-corrected chi connectivity index (χ2v) is 9.65. The fraction of sp³-hybridized carbons (Fsp3) is 0.0833. The van der Waals surface area contributed by atoms with Gasteiger partial charge in [0.1, 0.15) is 18.2 Å². The summed E-state index contributed by atoms with van der Waals surface area (Å²) in [4.78, 5) is 27.3. The summed E-state index contributed by atoms with van der Waals surface area (Å²) in [5, 5.41) is 11.2. The molecule has 3 aromatic rings. The van der Waals surface area contributed by atoms with Crippen molar-refractivity contribution in [1.82, 2.24) is 0 Å². The van der Waals surface area contributed by atoms with E-state index >= 15 is 0 Å². The van der Waals surface area contributed by atoms with Crippen LogP contribution in [0.2, 0.25) is 0 Å². The molecule has 3 aromatic carbocycles. The van der Waals surface area contributed by atoms with Gasteiger partial charge in [0.05, 0.1) is 12.1 Å². The molecule has 0 spiro atoms. The van der Waals surface area contributed by atoms with E-state index in [0.717, 1.165) is 7.14 Å². The van der Waals surface area contributed by atoms with Gasteiger partial charge in [0, 0.05) is 17.2 Å². The van der Waals surface area contributed by atoms with Crippen molar-refractivity contribution in [3.8, 4) is 5.75 Å². The molecule has 0 aliphatic carbocycles. The van der Waals surface area contributed by atoms with E-state index in [2.05, 4.69) is 50.2 Å². The number of aryl methyl sites for hydroxylation is 1. The number of nitro groups is 1. The molecule has 0 saturated carbocycles. The van der Waals surface area contributed by atoms with E-state index in [0.29, 0.717) is 28.0 Å². The first-order valence-corrected chi connectivity index (χ1v) is 12.0. The summed E-state index contributed by atoms with van der Waals surface area (Å²) in [6.45, 7) is 1.84. The van der Waals surface area contributed by atoms with Crippen molar-refractivity contribution in [3.05, 3.63) is 106 Å². The Labute approximate surface area is 221 Å². The van der Waals surface area contributed by atoms with Crippen molar-refractivity contribution in [1.29, 1.82) is 0 Å². The predicted molar refractivity (Wildman–Crippen MR) is 141 cm³/mol. The number of hydrogen-bond donors (Lipinski definition) is 0. The zero-order chi connectivity index (χ0) is 24.4. The summed E-state index contributed by atoms with van der Waals surface area (Å²) in [6.07, 6.45) is 1.58. The lowest BCUT2D eigenvalue weighted by atomic mass is 10.1.